The Morgan fingerprint density at radius 3 is 2.39 bits per heavy atom. The number of rotatable bonds is 8. The van der Waals surface area contributed by atoms with Gasteiger partial charge in [-0.1, -0.05) is 0 Å². The summed E-state index contributed by atoms with van der Waals surface area (Å²) in [6.45, 7) is 0. The van der Waals surface area contributed by atoms with Crippen molar-refractivity contribution in [3.8, 4) is 5.75 Å². The van der Waals surface area contributed by atoms with Crippen LogP contribution >= 0.6 is 0 Å². The van der Waals surface area contributed by atoms with Crippen molar-refractivity contribution in [2.24, 2.45) is 5.73 Å². The SMILES string of the molecule is COc1ccc([N+](=O)[O-])cc1C[C@@H](NC(=O)Cc1cc(F)cc(F)c1)C(N)=O. The molecule has 0 spiro atoms. The summed E-state index contributed by atoms with van der Waals surface area (Å²) in [5.41, 5.74) is 5.46. The maximum Gasteiger partial charge on any atom is 0.269 e. The summed E-state index contributed by atoms with van der Waals surface area (Å²) in [4.78, 5) is 34.2. The first-order chi connectivity index (χ1) is 13.2. The molecule has 0 aliphatic carbocycles. The monoisotopic (exact) mass is 393 g/mol. The molecule has 2 amide bonds. The van der Waals surface area contributed by atoms with Gasteiger partial charge in [0, 0.05) is 30.2 Å². The Bertz CT molecular complexity index is 900. The highest BCUT2D eigenvalue weighted by Gasteiger charge is 2.22. The van der Waals surface area contributed by atoms with E-state index in [4.69, 9.17) is 10.5 Å². The van der Waals surface area contributed by atoms with Gasteiger partial charge in [0.15, 0.2) is 0 Å². The highest BCUT2D eigenvalue weighted by Crippen LogP contribution is 2.25. The van der Waals surface area contributed by atoms with Crippen LogP contribution in [0.1, 0.15) is 11.1 Å². The lowest BCUT2D eigenvalue weighted by Crippen LogP contribution is -2.46. The molecule has 3 N–H and O–H groups in total. The van der Waals surface area contributed by atoms with Crippen LogP contribution in [0.5, 0.6) is 5.75 Å². The van der Waals surface area contributed by atoms with E-state index in [2.05, 4.69) is 5.32 Å². The van der Waals surface area contributed by atoms with Crippen molar-refractivity contribution in [3.63, 3.8) is 0 Å². The molecule has 2 aromatic carbocycles. The number of carbonyl (C=O) groups excluding carboxylic acids is 2. The first-order valence-electron chi connectivity index (χ1n) is 8.04. The van der Waals surface area contributed by atoms with Crippen LogP contribution in [0.25, 0.3) is 0 Å². The number of nitrogens with two attached hydrogens (primary N) is 1. The second-order valence-electron chi connectivity index (χ2n) is 5.93. The van der Waals surface area contributed by atoms with E-state index in [9.17, 15) is 28.5 Å². The van der Waals surface area contributed by atoms with Gasteiger partial charge in [-0.25, -0.2) is 8.78 Å². The second-order valence-corrected chi connectivity index (χ2v) is 5.93. The van der Waals surface area contributed by atoms with E-state index >= 15 is 0 Å². The van der Waals surface area contributed by atoms with Gasteiger partial charge in [-0.2, -0.15) is 0 Å². The number of halogens is 2. The maximum atomic E-state index is 13.2. The zero-order chi connectivity index (χ0) is 20.8. The minimum Gasteiger partial charge on any atom is -0.496 e. The molecular formula is C18H17F2N3O5. The zero-order valence-electron chi connectivity index (χ0n) is 14.8. The van der Waals surface area contributed by atoms with Gasteiger partial charge in [0.1, 0.15) is 23.4 Å². The lowest BCUT2D eigenvalue weighted by atomic mass is 10.0. The molecule has 0 aromatic heterocycles. The minimum absolute atomic E-state index is 0.0751. The Morgan fingerprint density at radius 2 is 1.86 bits per heavy atom. The Kier molecular flexibility index (Phi) is 6.59. The molecule has 28 heavy (non-hydrogen) atoms. The van der Waals surface area contributed by atoms with Gasteiger partial charge in [0.2, 0.25) is 11.8 Å². The average molecular weight is 393 g/mol. The van der Waals surface area contributed by atoms with Crippen molar-refractivity contribution in [1.82, 2.24) is 5.32 Å². The summed E-state index contributed by atoms with van der Waals surface area (Å²) in [7, 11) is 1.35. The maximum absolute atomic E-state index is 13.2. The molecule has 2 rings (SSSR count). The van der Waals surface area contributed by atoms with Crippen LogP contribution in [0, 0.1) is 21.7 Å². The van der Waals surface area contributed by atoms with Crippen molar-refractivity contribution in [2.75, 3.05) is 7.11 Å². The van der Waals surface area contributed by atoms with Crippen molar-refractivity contribution in [3.05, 3.63) is 69.3 Å². The van der Waals surface area contributed by atoms with Gasteiger partial charge in [-0.15, -0.1) is 0 Å². The molecule has 0 bridgehead atoms. The molecule has 0 aliphatic rings. The average Bonchev–Trinajstić information content (AvgIpc) is 2.59. The predicted octanol–water partition coefficient (Wildman–Crippen LogP) is 1.64. The van der Waals surface area contributed by atoms with Crippen molar-refractivity contribution in [1.29, 1.82) is 0 Å². The fraction of sp³-hybridized carbons (Fsp3) is 0.222. The molecule has 2 aromatic rings. The molecule has 0 unspecified atom stereocenters. The number of carbonyl (C=O) groups is 2. The smallest absolute Gasteiger partial charge is 0.269 e. The summed E-state index contributed by atoms with van der Waals surface area (Å²) >= 11 is 0. The topological polar surface area (TPSA) is 125 Å². The van der Waals surface area contributed by atoms with Crippen LogP contribution in [-0.4, -0.2) is 29.9 Å². The Hall–Kier alpha value is -3.56. The van der Waals surface area contributed by atoms with Crippen LogP contribution in [0.3, 0.4) is 0 Å². The molecule has 1 atom stereocenters. The number of nitro benzene ring substituents is 1. The Morgan fingerprint density at radius 1 is 1.21 bits per heavy atom. The number of primary amides is 1. The summed E-state index contributed by atoms with van der Waals surface area (Å²) < 4.78 is 31.6. The number of hydrogen-bond acceptors (Lipinski definition) is 5. The van der Waals surface area contributed by atoms with E-state index in [0.717, 1.165) is 12.1 Å². The number of nitrogens with zero attached hydrogens (tertiary/aromatic N) is 1. The largest absolute Gasteiger partial charge is 0.496 e. The second kappa shape index (κ2) is 8.89. The lowest BCUT2D eigenvalue weighted by Gasteiger charge is -2.17. The van der Waals surface area contributed by atoms with E-state index in [1.807, 2.05) is 0 Å². The number of ether oxygens (including phenoxy) is 1. The number of methoxy groups -OCH3 is 1. The summed E-state index contributed by atoms with van der Waals surface area (Å²) in [6.07, 6.45) is -0.548. The van der Waals surface area contributed by atoms with E-state index in [1.165, 1.54) is 25.3 Å². The standard InChI is InChI=1S/C18H17F2N3O5/c1-28-16-3-2-14(23(26)27)7-11(16)8-15(18(21)25)22-17(24)6-10-4-12(19)9-13(20)5-10/h2-5,7,9,15H,6,8H2,1H3,(H2,21,25)(H,22,24)/t15-/m1/s1. The number of hydrogen-bond donors (Lipinski definition) is 2. The van der Waals surface area contributed by atoms with Gasteiger partial charge in [0.25, 0.3) is 5.69 Å². The molecule has 10 heteroatoms. The van der Waals surface area contributed by atoms with Gasteiger partial charge in [0.05, 0.1) is 18.5 Å². The number of amides is 2. The Labute approximate surface area is 158 Å². The Balaban J connectivity index is 2.17. The van der Waals surface area contributed by atoms with Gasteiger partial charge < -0.3 is 15.8 Å². The summed E-state index contributed by atoms with van der Waals surface area (Å²) in [6, 6.07) is 5.26. The van der Waals surface area contributed by atoms with E-state index in [-0.39, 0.29) is 35.4 Å². The number of benzene rings is 2. The predicted molar refractivity (Wildman–Crippen MR) is 94.5 cm³/mol. The first kappa shape index (κ1) is 20.7. The van der Waals surface area contributed by atoms with E-state index in [1.54, 1.807) is 0 Å². The highest BCUT2D eigenvalue weighted by molar-refractivity contribution is 5.87. The normalized spacial score (nSPS) is 11.5. The third-order valence-electron chi connectivity index (χ3n) is 3.86. The quantitative estimate of drug-likeness (QED) is 0.521. The number of nitro groups is 1. The van der Waals surface area contributed by atoms with Crippen LogP contribution in [0.2, 0.25) is 0 Å². The van der Waals surface area contributed by atoms with Crippen molar-refractivity contribution in [2.45, 2.75) is 18.9 Å². The lowest BCUT2D eigenvalue weighted by molar-refractivity contribution is -0.384. The van der Waals surface area contributed by atoms with Crippen LogP contribution in [0.4, 0.5) is 14.5 Å². The first-order valence-corrected chi connectivity index (χ1v) is 8.04. The molecule has 0 aliphatic heterocycles. The third-order valence-corrected chi connectivity index (χ3v) is 3.86. The van der Waals surface area contributed by atoms with Crippen LogP contribution in [-0.2, 0) is 22.4 Å². The third kappa shape index (κ3) is 5.47. The van der Waals surface area contributed by atoms with Gasteiger partial charge in [-0.05, 0) is 23.8 Å². The van der Waals surface area contributed by atoms with Crippen LogP contribution in [0.15, 0.2) is 36.4 Å². The molecule has 0 saturated heterocycles. The summed E-state index contributed by atoms with van der Waals surface area (Å²) in [5, 5.41) is 13.3. The van der Waals surface area contributed by atoms with E-state index in [0.29, 0.717) is 6.07 Å². The minimum atomic E-state index is -1.21. The van der Waals surface area contributed by atoms with Gasteiger partial charge >= 0.3 is 0 Å². The molecule has 148 valence electrons. The van der Waals surface area contributed by atoms with Crippen molar-refractivity contribution >= 4 is 17.5 Å². The fourth-order valence-electron chi connectivity index (χ4n) is 2.62. The molecule has 0 radical (unpaired) electrons. The molecule has 0 fully saturated rings. The molecule has 0 saturated carbocycles. The van der Waals surface area contributed by atoms with Gasteiger partial charge in [-0.3, -0.25) is 19.7 Å². The number of non-ortho nitro benzene ring substituents is 1. The number of nitrogens with one attached hydrogen (secondary N) is 1. The van der Waals surface area contributed by atoms with E-state index < -0.39 is 34.4 Å². The van der Waals surface area contributed by atoms with Crippen LogP contribution < -0.4 is 15.8 Å². The highest BCUT2D eigenvalue weighted by atomic mass is 19.1. The molecular weight excluding hydrogens is 376 g/mol. The zero-order valence-corrected chi connectivity index (χ0v) is 14.8. The fourth-order valence-corrected chi connectivity index (χ4v) is 2.62. The molecule has 8 nitrogen and oxygen atoms in total. The molecule has 0 heterocycles. The summed E-state index contributed by atoms with van der Waals surface area (Å²) in [5.74, 6) is -2.98. The van der Waals surface area contributed by atoms with Crippen molar-refractivity contribution < 1.29 is 28.0 Å².